The summed E-state index contributed by atoms with van der Waals surface area (Å²) in [5.41, 5.74) is 1.12. The van der Waals surface area contributed by atoms with E-state index in [0.29, 0.717) is 19.6 Å². The average Bonchev–Trinajstić information content (AvgIpc) is 2.53. The minimum atomic E-state index is -0.323. The average molecular weight is 306 g/mol. The number of β-amino-alcohol motifs (C(OH)–C–C–N with tert-alkyl or cyclic N) is 1. The van der Waals surface area contributed by atoms with Crippen molar-refractivity contribution in [1.82, 2.24) is 9.80 Å². The second-order valence-electron chi connectivity index (χ2n) is 5.78. The summed E-state index contributed by atoms with van der Waals surface area (Å²) in [5.74, 6) is 0.827. The second-order valence-corrected chi connectivity index (χ2v) is 5.78. The Morgan fingerprint density at radius 1 is 1.27 bits per heavy atom. The molecule has 1 aromatic carbocycles. The largest absolute Gasteiger partial charge is 0.483 e. The van der Waals surface area contributed by atoms with Gasteiger partial charge in [-0.15, -0.1) is 0 Å². The van der Waals surface area contributed by atoms with Crippen LogP contribution in [0.2, 0.25) is 0 Å². The SMILES string of the molecule is CCc1ccccc1OCC(=O)N1CCN(CC(C)O)CC1. The lowest BCUT2D eigenvalue weighted by molar-refractivity contribution is -0.135. The Hall–Kier alpha value is -1.59. The fraction of sp³-hybridized carbons (Fsp3) is 0.588. The monoisotopic (exact) mass is 306 g/mol. The molecule has 5 nitrogen and oxygen atoms in total. The fourth-order valence-electron chi connectivity index (χ4n) is 2.72. The molecule has 0 bridgehead atoms. The van der Waals surface area contributed by atoms with Gasteiger partial charge in [-0.2, -0.15) is 0 Å². The number of piperazine rings is 1. The van der Waals surface area contributed by atoms with Gasteiger partial charge in [0.1, 0.15) is 5.75 Å². The Morgan fingerprint density at radius 2 is 1.95 bits per heavy atom. The predicted octanol–water partition coefficient (Wildman–Crippen LogP) is 1.15. The molecule has 1 aromatic rings. The Bertz CT molecular complexity index is 483. The Kier molecular flexibility index (Phi) is 6.21. The number of aryl methyl sites for hydroxylation is 1. The predicted molar refractivity (Wildman–Crippen MR) is 86.0 cm³/mol. The number of aliphatic hydroxyl groups excluding tert-OH is 1. The van der Waals surface area contributed by atoms with Crippen LogP contribution in [-0.4, -0.2) is 66.2 Å². The summed E-state index contributed by atoms with van der Waals surface area (Å²) in [4.78, 5) is 16.3. The van der Waals surface area contributed by atoms with E-state index >= 15 is 0 Å². The number of hydrogen-bond acceptors (Lipinski definition) is 4. The molecule has 2 rings (SSSR count). The molecule has 1 fully saturated rings. The molecule has 22 heavy (non-hydrogen) atoms. The number of rotatable bonds is 6. The fourth-order valence-corrected chi connectivity index (χ4v) is 2.72. The van der Waals surface area contributed by atoms with Crippen molar-refractivity contribution >= 4 is 5.91 Å². The van der Waals surface area contributed by atoms with Crippen LogP contribution in [0, 0.1) is 0 Å². The first-order valence-electron chi connectivity index (χ1n) is 7.99. The molecule has 1 atom stereocenters. The lowest BCUT2D eigenvalue weighted by Gasteiger charge is -2.35. The third-order valence-electron chi connectivity index (χ3n) is 3.95. The Balaban J connectivity index is 1.79. The number of ether oxygens (including phenoxy) is 1. The summed E-state index contributed by atoms with van der Waals surface area (Å²) in [6.07, 6.45) is 0.568. The minimum absolute atomic E-state index is 0.0302. The normalized spacial score (nSPS) is 17.3. The van der Waals surface area contributed by atoms with Crippen LogP contribution in [0.3, 0.4) is 0 Å². The van der Waals surface area contributed by atoms with E-state index in [0.717, 1.165) is 30.8 Å². The van der Waals surface area contributed by atoms with Crippen molar-refractivity contribution in [3.8, 4) is 5.75 Å². The molecule has 1 aliphatic rings. The van der Waals surface area contributed by atoms with Gasteiger partial charge in [0.2, 0.25) is 0 Å². The highest BCUT2D eigenvalue weighted by Crippen LogP contribution is 2.18. The van der Waals surface area contributed by atoms with Gasteiger partial charge in [0.25, 0.3) is 5.91 Å². The van der Waals surface area contributed by atoms with E-state index < -0.39 is 0 Å². The van der Waals surface area contributed by atoms with Gasteiger partial charge in [-0.1, -0.05) is 25.1 Å². The van der Waals surface area contributed by atoms with Gasteiger partial charge in [-0.05, 0) is 25.0 Å². The lowest BCUT2D eigenvalue weighted by atomic mass is 10.1. The quantitative estimate of drug-likeness (QED) is 0.857. The standard InChI is InChI=1S/C17H26N2O3/c1-3-15-6-4-5-7-16(15)22-13-17(21)19-10-8-18(9-11-19)12-14(2)20/h4-7,14,20H,3,8-13H2,1-2H3. The molecule has 1 heterocycles. The molecule has 1 N–H and O–H groups in total. The van der Waals surface area contributed by atoms with Gasteiger partial charge in [0.05, 0.1) is 6.10 Å². The molecule has 1 aliphatic heterocycles. The first-order valence-corrected chi connectivity index (χ1v) is 7.99. The number of nitrogens with zero attached hydrogens (tertiary/aromatic N) is 2. The maximum Gasteiger partial charge on any atom is 0.260 e. The Morgan fingerprint density at radius 3 is 2.59 bits per heavy atom. The van der Waals surface area contributed by atoms with E-state index in [4.69, 9.17) is 4.74 Å². The number of carbonyl (C=O) groups is 1. The Labute approximate surface area is 132 Å². The van der Waals surface area contributed by atoms with Gasteiger partial charge in [0.15, 0.2) is 6.61 Å². The highest BCUT2D eigenvalue weighted by atomic mass is 16.5. The van der Waals surface area contributed by atoms with Crippen molar-refractivity contribution in [2.45, 2.75) is 26.4 Å². The maximum atomic E-state index is 12.2. The smallest absolute Gasteiger partial charge is 0.260 e. The van der Waals surface area contributed by atoms with E-state index in [1.807, 2.05) is 29.2 Å². The topological polar surface area (TPSA) is 53.0 Å². The van der Waals surface area contributed by atoms with Crippen LogP contribution in [0.4, 0.5) is 0 Å². The van der Waals surface area contributed by atoms with Crippen LogP contribution < -0.4 is 4.74 Å². The van der Waals surface area contributed by atoms with Gasteiger partial charge in [-0.3, -0.25) is 9.69 Å². The van der Waals surface area contributed by atoms with Gasteiger partial charge < -0.3 is 14.7 Å². The molecule has 1 unspecified atom stereocenters. The van der Waals surface area contributed by atoms with E-state index in [-0.39, 0.29) is 18.6 Å². The van der Waals surface area contributed by atoms with Gasteiger partial charge in [0, 0.05) is 32.7 Å². The van der Waals surface area contributed by atoms with E-state index in [9.17, 15) is 9.90 Å². The van der Waals surface area contributed by atoms with Crippen LogP contribution in [-0.2, 0) is 11.2 Å². The summed E-state index contributed by atoms with van der Waals surface area (Å²) in [5, 5.41) is 9.40. The van der Waals surface area contributed by atoms with Crippen molar-refractivity contribution in [2.24, 2.45) is 0 Å². The minimum Gasteiger partial charge on any atom is -0.483 e. The zero-order valence-electron chi connectivity index (χ0n) is 13.5. The molecule has 0 spiro atoms. The number of aliphatic hydroxyl groups is 1. The van der Waals surface area contributed by atoms with Crippen molar-refractivity contribution in [2.75, 3.05) is 39.3 Å². The summed E-state index contributed by atoms with van der Waals surface area (Å²) in [7, 11) is 0. The summed E-state index contributed by atoms with van der Waals surface area (Å²) in [6.45, 7) is 7.64. The number of para-hydroxylation sites is 1. The van der Waals surface area contributed by atoms with Crippen molar-refractivity contribution in [3.63, 3.8) is 0 Å². The highest BCUT2D eigenvalue weighted by molar-refractivity contribution is 5.78. The first kappa shape index (κ1) is 16.8. The zero-order chi connectivity index (χ0) is 15.9. The van der Waals surface area contributed by atoms with Crippen molar-refractivity contribution < 1.29 is 14.6 Å². The third kappa shape index (κ3) is 4.71. The maximum absolute atomic E-state index is 12.2. The molecule has 0 aliphatic carbocycles. The van der Waals surface area contributed by atoms with Crippen LogP contribution in [0.1, 0.15) is 19.4 Å². The van der Waals surface area contributed by atoms with Gasteiger partial charge >= 0.3 is 0 Å². The summed E-state index contributed by atoms with van der Waals surface area (Å²) >= 11 is 0. The first-order chi connectivity index (χ1) is 10.6. The summed E-state index contributed by atoms with van der Waals surface area (Å²) in [6, 6.07) is 7.84. The van der Waals surface area contributed by atoms with Crippen molar-refractivity contribution in [3.05, 3.63) is 29.8 Å². The number of hydrogen-bond donors (Lipinski definition) is 1. The molecule has 0 radical (unpaired) electrons. The second kappa shape index (κ2) is 8.15. The zero-order valence-corrected chi connectivity index (χ0v) is 13.5. The van der Waals surface area contributed by atoms with Crippen molar-refractivity contribution in [1.29, 1.82) is 0 Å². The molecule has 5 heteroatoms. The number of carbonyl (C=O) groups excluding carboxylic acids is 1. The third-order valence-corrected chi connectivity index (χ3v) is 3.95. The number of benzene rings is 1. The lowest BCUT2D eigenvalue weighted by Crippen LogP contribution is -2.51. The highest BCUT2D eigenvalue weighted by Gasteiger charge is 2.22. The molecule has 0 aromatic heterocycles. The van der Waals surface area contributed by atoms with Crippen LogP contribution in [0.25, 0.3) is 0 Å². The van der Waals surface area contributed by atoms with E-state index in [1.165, 1.54) is 0 Å². The van der Waals surface area contributed by atoms with Crippen LogP contribution in [0.5, 0.6) is 5.75 Å². The molecular formula is C17H26N2O3. The molecule has 0 saturated carbocycles. The van der Waals surface area contributed by atoms with E-state index in [1.54, 1.807) is 6.92 Å². The molecule has 1 amide bonds. The molecule has 1 saturated heterocycles. The van der Waals surface area contributed by atoms with Crippen LogP contribution >= 0.6 is 0 Å². The van der Waals surface area contributed by atoms with Crippen LogP contribution in [0.15, 0.2) is 24.3 Å². The van der Waals surface area contributed by atoms with E-state index in [2.05, 4.69) is 11.8 Å². The molecule has 122 valence electrons. The van der Waals surface area contributed by atoms with Gasteiger partial charge in [-0.25, -0.2) is 0 Å². The molecular weight excluding hydrogens is 280 g/mol. The summed E-state index contributed by atoms with van der Waals surface area (Å²) < 4.78 is 5.69. The number of amides is 1.